The number of nitrogens with zero attached hydrogens (tertiary/aromatic N) is 2. The number of hydrogen-bond donors (Lipinski definition) is 1. The zero-order valence-electron chi connectivity index (χ0n) is 10.5. The van der Waals surface area contributed by atoms with Crippen molar-refractivity contribution in [3.63, 3.8) is 0 Å². The summed E-state index contributed by atoms with van der Waals surface area (Å²) in [6.07, 6.45) is 1.83. The van der Waals surface area contributed by atoms with Crippen molar-refractivity contribution >= 4 is 22.2 Å². The maximum absolute atomic E-state index is 8.79. The third kappa shape index (κ3) is 2.68. The van der Waals surface area contributed by atoms with E-state index in [0.29, 0.717) is 5.56 Å². The molecular weight excluding hydrogens is 266 g/mol. The maximum atomic E-state index is 8.79. The summed E-state index contributed by atoms with van der Waals surface area (Å²) in [6, 6.07) is 20.3. The molecule has 0 amide bonds. The first kappa shape index (κ1) is 12.4. The Balaban J connectivity index is 1.81. The third-order valence-electron chi connectivity index (χ3n) is 2.76. The van der Waals surface area contributed by atoms with Crippen LogP contribution < -0.4 is 5.32 Å². The van der Waals surface area contributed by atoms with Crippen molar-refractivity contribution in [2.75, 3.05) is 5.32 Å². The first-order valence-corrected chi connectivity index (χ1v) is 6.86. The van der Waals surface area contributed by atoms with Gasteiger partial charge < -0.3 is 5.32 Å². The molecule has 3 aromatic rings. The highest BCUT2D eigenvalue weighted by Gasteiger charge is 2.04. The third-order valence-corrected chi connectivity index (χ3v) is 3.72. The second-order valence-electron chi connectivity index (χ2n) is 4.14. The van der Waals surface area contributed by atoms with Gasteiger partial charge in [-0.25, -0.2) is 4.98 Å². The van der Waals surface area contributed by atoms with E-state index in [1.165, 1.54) is 0 Å². The van der Waals surface area contributed by atoms with Gasteiger partial charge in [0.2, 0.25) is 0 Å². The molecule has 2 aromatic carbocycles. The lowest BCUT2D eigenvalue weighted by molar-refractivity contribution is 1.39. The van der Waals surface area contributed by atoms with Crippen molar-refractivity contribution in [1.82, 2.24) is 4.98 Å². The van der Waals surface area contributed by atoms with Gasteiger partial charge >= 0.3 is 0 Å². The van der Waals surface area contributed by atoms with Gasteiger partial charge in [-0.2, -0.15) is 5.26 Å². The largest absolute Gasteiger partial charge is 0.332 e. The highest BCUT2D eigenvalue weighted by Crippen LogP contribution is 2.30. The van der Waals surface area contributed by atoms with Crippen LogP contribution in [0.15, 0.2) is 54.7 Å². The Labute approximate surface area is 121 Å². The summed E-state index contributed by atoms with van der Waals surface area (Å²) in [6.45, 7) is 0. The number of nitrogens with one attached hydrogen (secondary N) is 1. The molecule has 20 heavy (non-hydrogen) atoms. The van der Waals surface area contributed by atoms with Gasteiger partial charge in [0.1, 0.15) is 0 Å². The van der Waals surface area contributed by atoms with Gasteiger partial charge in [-0.3, -0.25) is 0 Å². The molecule has 0 atom stereocenters. The van der Waals surface area contributed by atoms with Crippen LogP contribution in [0.1, 0.15) is 5.56 Å². The summed E-state index contributed by atoms with van der Waals surface area (Å²) in [5.41, 5.74) is 2.69. The molecule has 0 unspecified atom stereocenters. The summed E-state index contributed by atoms with van der Waals surface area (Å²) < 4.78 is 0. The fourth-order valence-electron chi connectivity index (χ4n) is 1.77. The van der Waals surface area contributed by atoms with Crippen LogP contribution >= 0.6 is 11.3 Å². The van der Waals surface area contributed by atoms with Crippen molar-refractivity contribution in [2.45, 2.75) is 0 Å². The lowest BCUT2D eigenvalue weighted by Crippen LogP contribution is -1.87. The number of anilines is 2. The Kier molecular flexibility index (Phi) is 3.44. The maximum Gasteiger partial charge on any atom is 0.187 e. The zero-order valence-corrected chi connectivity index (χ0v) is 11.3. The molecule has 3 nitrogen and oxygen atoms in total. The Hall–Kier alpha value is -2.64. The minimum Gasteiger partial charge on any atom is -0.332 e. The van der Waals surface area contributed by atoms with Crippen LogP contribution in [-0.2, 0) is 0 Å². The van der Waals surface area contributed by atoms with Gasteiger partial charge in [-0.15, -0.1) is 0 Å². The van der Waals surface area contributed by atoms with Crippen LogP contribution in [0.4, 0.5) is 10.8 Å². The monoisotopic (exact) mass is 276 g/mol. The van der Waals surface area contributed by atoms with Gasteiger partial charge in [-0.1, -0.05) is 35.6 Å². The Morgan fingerprint density at radius 2 is 2.05 bits per heavy atom. The Morgan fingerprint density at radius 1 is 1.20 bits per heavy atom. The average molecular weight is 276 g/mol. The molecule has 1 aromatic heterocycles. The quantitative estimate of drug-likeness (QED) is 0.779. The summed E-state index contributed by atoms with van der Waals surface area (Å²) in [5, 5.41) is 12.9. The number of rotatable bonds is 3. The minimum atomic E-state index is 0.663. The highest BCUT2D eigenvalue weighted by molar-refractivity contribution is 7.18. The molecule has 0 aliphatic heterocycles. The van der Waals surface area contributed by atoms with Crippen molar-refractivity contribution in [3.05, 3.63) is 66.4 Å². The van der Waals surface area contributed by atoms with E-state index in [2.05, 4.69) is 22.4 Å². The van der Waals surface area contributed by atoms with Crippen molar-refractivity contribution < 1.29 is 0 Å². The van der Waals surface area contributed by atoms with Crippen LogP contribution in [0, 0.1) is 17.4 Å². The van der Waals surface area contributed by atoms with Gasteiger partial charge in [0, 0.05) is 11.9 Å². The van der Waals surface area contributed by atoms with Crippen molar-refractivity contribution in [3.8, 4) is 16.5 Å². The standard InChI is InChI=1S/C16H10N3S/c17-10-12-6-8-13(9-7-12)15-11-18-16(20-15)19-14-4-2-1-3-5-14/h1-2,4-9,11H,(H,18,19). The second-order valence-corrected chi connectivity index (χ2v) is 5.17. The van der Waals surface area contributed by atoms with Gasteiger partial charge in [0.05, 0.1) is 16.5 Å². The number of benzene rings is 2. The molecule has 0 saturated heterocycles. The molecule has 4 heteroatoms. The number of hydrogen-bond acceptors (Lipinski definition) is 4. The molecule has 0 spiro atoms. The van der Waals surface area contributed by atoms with Crippen LogP contribution in [0.5, 0.6) is 0 Å². The van der Waals surface area contributed by atoms with E-state index in [9.17, 15) is 0 Å². The summed E-state index contributed by atoms with van der Waals surface area (Å²) in [5.74, 6) is 0. The molecule has 0 aliphatic carbocycles. The normalized spacial score (nSPS) is 9.95. The first-order chi connectivity index (χ1) is 9.85. The molecule has 3 rings (SSSR count). The summed E-state index contributed by atoms with van der Waals surface area (Å²) in [7, 11) is 0. The molecular formula is C16H10N3S. The topological polar surface area (TPSA) is 48.7 Å². The smallest absolute Gasteiger partial charge is 0.187 e. The number of thiazole rings is 1. The summed E-state index contributed by atoms with van der Waals surface area (Å²) >= 11 is 1.58. The Morgan fingerprint density at radius 3 is 2.75 bits per heavy atom. The molecule has 0 saturated carbocycles. The zero-order chi connectivity index (χ0) is 13.8. The van der Waals surface area contributed by atoms with Gasteiger partial charge in [0.25, 0.3) is 0 Å². The van der Waals surface area contributed by atoms with E-state index < -0.39 is 0 Å². The average Bonchev–Trinajstić information content (AvgIpc) is 2.97. The Bertz CT molecular complexity index is 739. The van der Waals surface area contributed by atoms with Crippen LogP contribution in [0.3, 0.4) is 0 Å². The fraction of sp³-hybridized carbons (Fsp3) is 0. The van der Waals surface area contributed by atoms with E-state index in [-0.39, 0.29) is 0 Å². The lowest BCUT2D eigenvalue weighted by atomic mass is 10.1. The molecule has 0 bridgehead atoms. The molecule has 0 fully saturated rings. The van der Waals surface area contributed by atoms with Crippen LogP contribution in [0.2, 0.25) is 0 Å². The van der Waals surface area contributed by atoms with E-state index in [1.54, 1.807) is 11.3 Å². The fourth-order valence-corrected chi connectivity index (χ4v) is 2.61. The molecule has 1 heterocycles. The summed E-state index contributed by atoms with van der Waals surface area (Å²) in [4.78, 5) is 5.43. The second kappa shape index (κ2) is 5.55. The predicted molar refractivity (Wildman–Crippen MR) is 80.8 cm³/mol. The van der Waals surface area contributed by atoms with Crippen molar-refractivity contribution in [2.24, 2.45) is 0 Å². The lowest BCUT2D eigenvalue weighted by Gasteiger charge is -2.00. The number of aromatic nitrogens is 1. The molecule has 0 aliphatic rings. The SMILES string of the molecule is N#Cc1ccc(-c2cnc(Nc3c[c]ccc3)s2)cc1. The predicted octanol–water partition coefficient (Wildman–Crippen LogP) is 4.23. The van der Waals surface area contributed by atoms with E-state index in [0.717, 1.165) is 21.3 Å². The minimum absolute atomic E-state index is 0.663. The number of nitriles is 1. The van der Waals surface area contributed by atoms with E-state index in [4.69, 9.17) is 5.26 Å². The van der Waals surface area contributed by atoms with E-state index in [1.807, 2.05) is 54.7 Å². The molecule has 1 radical (unpaired) electrons. The van der Waals surface area contributed by atoms with Crippen molar-refractivity contribution in [1.29, 1.82) is 5.26 Å². The first-order valence-electron chi connectivity index (χ1n) is 6.05. The van der Waals surface area contributed by atoms with Gasteiger partial charge in [-0.05, 0) is 35.9 Å². The highest BCUT2D eigenvalue weighted by atomic mass is 32.1. The van der Waals surface area contributed by atoms with Crippen LogP contribution in [0.25, 0.3) is 10.4 Å². The molecule has 95 valence electrons. The van der Waals surface area contributed by atoms with Gasteiger partial charge in [0.15, 0.2) is 5.13 Å². The molecule has 1 N–H and O–H groups in total. The van der Waals surface area contributed by atoms with Crippen LogP contribution in [-0.4, -0.2) is 4.98 Å². The van der Waals surface area contributed by atoms with E-state index >= 15 is 0 Å².